The number of hydrogen-bond acceptors (Lipinski definition) is 4. The number of nitrogens with one attached hydrogen (secondary N) is 1. The fraction of sp³-hybridized carbons (Fsp3) is 0.429. The minimum absolute atomic E-state index is 0.0820. The Morgan fingerprint density at radius 2 is 1.79 bits per heavy atom. The van der Waals surface area contributed by atoms with Crippen LogP contribution in [0.2, 0.25) is 0 Å². The molecule has 0 aromatic heterocycles. The molecular formula is C14H18F2N2O5S. The molecule has 1 rings (SSSR count). The lowest BCUT2D eigenvalue weighted by Gasteiger charge is -2.25. The van der Waals surface area contributed by atoms with E-state index in [1.165, 1.54) is 13.8 Å². The second-order valence-electron chi connectivity index (χ2n) is 4.98. The van der Waals surface area contributed by atoms with Gasteiger partial charge in [-0.2, -0.15) is 4.31 Å². The number of benzene rings is 1. The molecule has 0 bridgehead atoms. The van der Waals surface area contributed by atoms with E-state index >= 15 is 0 Å². The molecule has 7 nitrogen and oxygen atoms in total. The van der Waals surface area contributed by atoms with Crippen LogP contribution in [0, 0.1) is 0 Å². The van der Waals surface area contributed by atoms with Gasteiger partial charge in [-0.15, -0.1) is 0 Å². The minimum atomic E-state index is -4.23. The second-order valence-corrected chi connectivity index (χ2v) is 6.87. The monoisotopic (exact) mass is 364 g/mol. The van der Waals surface area contributed by atoms with Crippen molar-refractivity contribution in [2.75, 3.05) is 13.1 Å². The van der Waals surface area contributed by atoms with Crippen LogP contribution in [0.4, 0.5) is 8.78 Å². The van der Waals surface area contributed by atoms with Gasteiger partial charge < -0.3 is 10.4 Å². The quantitative estimate of drug-likeness (QED) is 0.722. The lowest BCUT2D eigenvalue weighted by atomic mass is 10.2. The first-order chi connectivity index (χ1) is 11.1. The van der Waals surface area contributed by atoms with Gasteiger partial charge in [0.2, 0.25) is 15.9 Å². The largest absolute Gasteiger partial charge is 0.480 e. The van der Waals surface area contributed by atoms with Gasteiger partial charge in [0.25, 0.3) is 6.43 Å². The van der Waals surface area contributed by atoms with Crippen molar-refractivity contribution in [3.63, 3.8) is 0 Å². The van der Waals surface area contributed by atoms with Gasteiger partial charge in [-0.1, -0.05) is 12.1 Å². The van der Waals surface area contributed by atoms with E-state index in [1.807, 2.05) is 0 Å². The van der Waals surface area contributed by atoms with Gasteiger partial charge in [0.15, 0.2) is 0 Å². The molecule has 1 aromatic carbocycles. The van der Waals surface area contributed by atoms with E-state index in [0.29, 0.717) is 4.31 Å². The highest BCUT2D eigenvalue weighted by atomic mass is 32.2. The summed E-state index contributed by atoms with van der Waals surface area (Å²) in [7, 11) is -4.23. The molecule has 2 N–H and O–H groups in total. The van der Waals surface area contributed by atoms with E-state index < -0.39 is 34.4 Å². The number of nitrogens with zero attached hydrogens (tertiary/aromatic N) is 1. The van der Waals surface area contributed by atoms with E-state index in [0.717, 1.165) is 24.3 Å². The summed E-state index contributed by atoms with van der Waals surface area (Å²) in [5.74, 6) is -1.76. The standard InChI is InChI=1S/C14H18F2N2O5S/c1-9(14(20)21)18(8-7-17-10(2)19)24(22,23)12-5-3-11(4-6-12)13(15)16/h3-6,9,13H,7-8H2,1-2H3,(H,17,19)(H,20,21). The molecule has 134 valence electrons. The molecule has 0 aliphatic heterocycles. The molecule has 0 aliphatic rings. The van der Waals surface area contributed by atoms with Crippen LogP contribution in [0.15, 0.2) is 29.2 Å². The summed E-state index contributed by atoms with van der Waals surface area (Å²) < 4.78 is 51.0. The van der Waals surface area contributed by atoms with Gasteiger partial charge in [0.1, 0.15) is 6.04 Å². The van der Waals surface area contributed by atoms with E-state index in [9.17, 15) is 26.8 Å². The van der Waals surface area contributed by atoms with E-state index in [1.54, 1.807) is 0 Å². The van der Waals surface area contributed by atoms with Gasteiger partial charge in [0.05, 0.1) is 4.90 Å². The summed E-state index contributed by atoms with van der Waals surface area (Å²) in [6.45, 7) is 2.07. The second kappa shape index (κ2) is 8.15. The molecule has 24 heavy (non-hydrogen) atoms. The fourth-order valence-corrected chi connectivity index (χ4v) is 3.50. The number of carboxylic acids is 1. The van der Waals surface area contributed by atoms with Crippen molar-refractivity contribution in [1.82, 2.24) is 9.62 Å². The highest BCUT2D eigenvalue weighted by Crippen LogP contribution is 2.23. The maximum absolute atomic E-state index is 12.6. The van der Waals surface area contributed by atoms with Crippen LogP contribution >= 0.6 is 0 Å². The van der Waals surface area contributed by atoms with Gasteiger partial charge in [-0.25, -0.2) is 17.2 Å². The lowest BCUT2D eigenvalue weighted by Crippen LogP contribution is -2.46. The van der Waals surface area contributed by atoms with Crippen LogP contribution < -0.4 is 5.32 Å². The molecule has 0 spiro atoms. The van der Waals surface area contributed by atoms with E-state index in [-0.39, 0.29) is 23.5 Å². The zero-order chi connectivity index (χ0) is 18.5. The molecule has 10 heteroatoms. The van der Waals surface area contributed by atoms with E-state index in [4.69, 9.17) is 5.11 Å². The molecule has 0 saturated heterocycles. The number of hydrogen-bond donors (Lipinski definition) is 2. The minimum Gasteiger partial charge on any atom is -0.480 e. The fourth-order valence-electron chi connectivity index (χ4n) is 1.91. The number of rotatable bonds is 8. The van der Waals surface area contributed by atoms with Crippen LogP contribution in [0.1, 0.15) is 25.8 Å². The van der Waals surface area contributed by atoms with Crippen molar-refractivity contribution >= 4 is 21.9 Å². The molecule has 0 aliphatic carbocycles. The SMILES string of the molecule is CC(=O)NCCN(C(C)C(=O)O)S(=O)(=O)c1ccc(C(F)F)cc1. The van der Waals surface area contributed by atoms with E-state index in [2.05, 4.69) is 5.32 Å². The number of halogens is 2. The normalized spacial score (nSPS) is 13.1. The van der Waals surface area contributed by atoms with Crippen LogP contribution in [0.3, 0.4) is 0 Å². The number of amides is 1. The highest BCUT2D eigenvalue weighted by molar-refractivity contribution is 7.89. The Bertz CT molecular complexity index is 692. The summed E-state index contributed by atoms with van der Waals surface area (Å²) in [6, 6.07) is 2.54. The summed E-state index contributed by atoms with van der Waals surface area (Å²) in [5.41, 5.74) is -0.343. The number of aliphatic carboxylic acids is 1. The first-order valence-corrected chi connectivity index (χ1v) is 8.38. The van der Waals surface area contributed by atoms with Gasteiger partial charge in [-0.05, 0) is 19.1 Å². The Morgan fingerprint density at radius 1 is 1.25 bits per heavy atom. The molecular weight excluding hydrogens is 346 g/mol. The molecule has 1 atom stereocenters. The third-order valence-electron chi connectivity index (χ3n) is 3.23. The van der Waals surface area contributed by atoms with Crippen LogP contribution in [-0.4, -0.2) is 48.8 Å². The van der Waals surface area contributed by atoms with Gasteiger partial charge in [-0.3, -0.25) is 9.59 Å². The zero-order valence-corrected chi connectivity index (χ0v) is 13.9. The van der Waals surface area contributed by atoms with Crippen molar-refractivity contribution in [3.8, 4) is 0 Å². The van der Waals surface area contributed by atoms with Crippen molar-refractivity contribution in [2.24, 2.45) is 0 Å². The summed E-state index contributed by atoms with van der Waals surface area (Å²) in [6.07, 6.45) is -2.74. The molecule has 0 heterocycles. The predicted octanol–water partition coefficient (Wildman–Crippen LogP) is 1.22. The van der Waals surface area contributed by atoms with Crippen molar-refractivity contribution in [3.05, 3.63) is 29.8 Å². The van der Waals surface area contributed by atoms with Gasteiger partial charge in [0, 0.05) is 25.6 Å². The summed E-state index contributed by atoms with van der Waals surface area (Å²) in [5, 5.41) is 11.5. The third kappa shape index (κ3) is 4.96. The van der Waals surface area contributed by atoms with Crippen molar-refractivity contribution < 1.29 is 31.9 Å². The first kappa shape index (κ1) is 20.0. The summed E-state index contributed by atoms with van der Waals surface area (Å²) in [4.78, 5) is 21.7. The average Bonchev–Trinajstić information content (AvgIpc) is 2.50. The van der Waals surface area contributed by atoms with Gasteiger partial charge >= 0.3 is 5.97 Å². The summed E-state index contributed by atoms with van der Waals surface area (Å²) >= 11 is 0. The predicted molar refractivity (Wildman–Crippen MR) is 81.1 cm³/mol. The van der Waals surface area contributed by atoms with Crippen molar-refractivity contribution in [1.29, 1.82) is 0 Å². The molecule has 0 saturated carbocycles. The number of carboxylic acid groups (broad SMARTS) is 1. The van der Waals surface area contributed by atoms with Crippen LogP contribution in [-0.2, 0) is 19.6 Å². The first-order valence-electron chi connectivity index (χ1n) is 6.94. The molecule has 1 aromatic rings. The Hall–Kier alpha value is -2.07. The molecule has 1 amide bonds. The Morgan fingerprint density at radius 3 is 2.21 bits per heavy atom. The van der Waals surface area contributed by atoms with Crippen molar-refractivity contribution in [2.45, 2.75) is 31.2 Å². The number of carbonyl (C=O) groups excluding carboxylic acids is 1. The maximum atomic E-state index is 12.6. The van der Waals surface area contributed by atoms with Crippen LogP contribution in [0.25, 0.3) is 0 Å². The molecule has 0 radical (unpaired) electrons. The molecule has 0 fully saturated rings. The number of alkyl halides is 2. The van der Waals surface area contributed by atoms with Crippen LogP contribution in [0.5, 0.6) is 0 Å². The number of carbonyl (C=O) groups is 2. The Kier molecular flexibility index (Phi) is 6.79. The topological polar surface area (TPSA) is 104 Å². The zero-order valence-electron chi connectivity index (χ0n) is 13.1. The highest BCUT2D eigenvalue weighted by Gasteiger charge is 2.32. The third-order valence-corrected chi connectivity index (χ3v) is 5.22. The smallest absolute Gasteiger partial charge is 0.321 e. The maximum Gasteiger partial charge on any atom is 0.321 e. The Balaban J connectivity index is 3.13. The lowest BCUT2D eigenvalue weighted by molar-refractivity contribution is -0.140. The number of sulfonamides is 1. The Labute approximate surface area is 138 Å². The average molecular weight is 364 g/mol. The molecule has 1 unspecified atom stereocenters.